The number of ether oxygens (including phenoxy) is 3. The van der Waals surface area contributed by atoms with E-state index >= 15 is 4.39 Å². The number of hydrogen-bond donors (Lipinski definition) is 2. The van der Waals surface area contributed by atoms with Crippen molar-refractivity contribution in [3.05, 3.63) is 65.6 Å². The molecule has 2 fully saturated rings. The average Bonchev–Trinajstić information content (AvgIpc) is 3.42. The van der Waals surface area contributed by atoms with Crippen molar-refractivity contribution in [3.63, 3.8) is 0 Å². The number of pyridine rings is 2. The Labute approximate surface area is 276 Å². The van der Waals surface area contributed by atoms with Crippen LogP contribution in [0.25, 0.3) is 32.9 Å². The van der Waals surface area contributed by atoms with Gasteiger partial charge in [-0.15, -0.1) is 6.42 Å². The van der Waals surface area contributed by atoms with Crippen LogP contribution in [0.5, 0.6) is 17.6 Å². The van der Waals surface area contributed by atoms with E-state index in [1.54, 1.807) is 24.4 Å². The van der Waals surface area contributed by atoms with E-state index in [0.717, 1.165) is 24.9 Å². The Balaban J connectivity index is 1.30. The van der Waals surface area contributed by atoms with Crippen molar-refractivity contribution in [3.8, 4) is 41.2 Å². The zero-order valence-corrected chi connectivity index (χ0v) is 26.4. The molecule has 1 unspecified atom stereocenters. The third kappa shape index (κ3) is 5.06. The molecule has 2 aromatic carbocycles. The number of hydrogen-bond acceptors (Lipinski definition) is 11. The first-order valence-corrected chi connectivity index (χ1v) is 16.1. The van der Waals surface area contributed by atoms with Crippen molar-refractivity contribution in [1.29, 1.82) is 0 Å². The van der Waals surface area contributed by atoms with Gasteiger partial charge in [0.25, 0.3) is 0 Å². The standard InChI is InChI=1S/C36H34FN7O4/c1-3-21-6-4-7-22-16-25(45)17-27(28(21)22)31-30(37)32-29-34(42-36(41-32)48-19-24-10-9-23-18-46-14-12-44(23)24)43(13-15-47-35(29)40-31)20(2)26-8-5-11-39-33(26)38/h1,4-8,11,16-17,20,23-24,45H,9-10,12-15,18-19H2,2H3,(H2,38,39)/t20-,23?,24+/m1/s1. The summed E-state index contributed by atoms with van der Waals surface area (Å²) in [5, 5.41) is 12.2. The van der Waals surface area contributed by atoms with Crippen LogP contribution in [0.4, 0.5) is 16.0 Å². The van der Waals surface area contributed by atoms with E-state index in [0.29, 0.717) is 71.3 Å². The maximum absolute atomic E-state index is 17.1. The number of phenolic OH excluding ortho intramolecular Hbond substituents is 1. The first-order chi connectivity index (χ1) is 23.4. The number of terminal acetylenes is 1. The number of aromatic nitrogens is 4. The van der Waals surface area contributed by atoms with E-state index in [1.165, 1.54) is 6.07 Å². The number of nitrogens with two attached hydrogens (primary N) is 1. The second kappa shape index (κ2) is 12.1. The highest BCUT2D eigenvalue weighted by molar-refractivity contribution is 6.04. The summed E-state index contributed by atoms with van der Waals surface area (Å²) in [4.78, 5) is 23.0. The number of nitrogens with zero attached hydrogens (tertiary/aromatic N) is 6. The summed E-state index contributed by atoms with van der Waals surface area (Å²) in [7, 11) is 0. The molecule has 48 heavy (non-hydrogen) atoms. The number of morpholine rings is 1. The van der Waals surface area contributed by atoms with Crippen LogP contribution in [-0.2, 0) is 4.74 Å². The Bertz CT molecular complexity index is 2100. The van der Waals surface area contributed by atoms with Crippen LogP contribution >= 0.6 is 0 Å². The predicted octanol–water partition coefficient (Wildman–Crippen LogP) is 4.85. The third-order valence-electron chi connectivity index (χ3n) is 9.70. The minimum atomic E-state index is -0.714. The van der Waals surface area contributed by atoms with Crippen molar-refractivity contribution in [2.45, 2.75) is 37.9 Å². The van der Waals surface area contributed by atoms with Gasteiger partial charge in [-0.25, -0.2) is 14.4 Å². The molecule has 0 aliphatic carbocycles. The van der Waals surface area contributed by atoms with Crippen LogP contribution in [0.1, 0.15) is 36.9 Å². The topological polar surface area (TPSA) is 132 Å². The van der Waals surface area contributed by atoms with E-state index < -0.39 is 5.82 Å². The normalized spacial score (nSPS) is 19.8. The number of phenols is 1. The minimum absolute atomic E-state index is 0.0152. The van der Waals surface area contributed by atoms with Gasteiger partial charge in [-0.1, -0.05) is 24.1 Å². The number of halogens is 1. The summed E-state index contributed by atoms with van der Waals surface area (Å²) in [5.41, 5.74) is 7.88. The summed E-state index contributed by atoms with van der Waals surface area (Å²) in [5.74, 6) is 2.88. The largest absolute Gasteiger partial charge is 0.508 e. The van der Waals surface area contributed by atoms with Gasteiger partial charge < -0.3 is 30.0 Å². The van der Waals surface area contributed by atoms with Crippen LogP contribution in [0.15, 0.2) is 48.7 Å². The van der Waals surface area contributed by atoms with Gasteiger partial charge in [0.1, 0.15) is 47.2 Å². The van der Waals surface area contributed by atoms with Gasteiger partial charge in [0.15, 0.2) is 5.82 Å². The Hall–Kier alpha value is -5.25. The van der Waals surface area contributed by atoms with E-state index in [9.17, 15) is 5.11 Å². The summed E-state index contributed by atoms with van der Waals surface area (Å²) in [6, 6.07) is 12.4. The summed E-state index contributed by atoms with van der Waals surface area (Å²) in [6.45, 7) is 5.18. The van der Waals surface area contributed by atoms with Gasteiger partial charge in [0.2, 0.25) is 5.88 Å². The molecule has 0 saturated carbocycles. The summed E-state index contributed by atoms with van der Waals surface area (Å²) in [6.07, 6.45) is 9.49. The number of aromatic hydroxyl groups is 1. The number of anilines is 2. The summed E-state index contributed by atoms with van der Waals surface area (Å²) < 4.78 is 35.3. The van der Waals surface area contributed by atoms with Crippen LogP contribution in [-0.4, -0.2) is 81.5 Å². The van der Waals surface area contributed by atoms with E-state index in [1.807, 2.05) is 30.0 Å². The molecule has 244 valence electrons. The molecular formula is C36H34FN7O4. The number of nitrogen functional groups attached to an aromatic ring is 1. The molecule has 0 amide bonds. The van der Waals surface area contributed by atoms with Crippen molar-refractivity contribution in [2.24, 2.45) is 0 Å². The monoisotopic (exact) mass is 647 g/mol. The van der Waals surface area contributed by atoms with E-state index in [4.69, 9.17) is 36.3 Å². The molecule has 2 saturated heterocycles. The SMILES string of the molecule is C#Cc1cccc2cc(O)cc(-c3nc4c5c(nc(OC[C@@H]6CCC7COCCN76)nc5c3F)N([C@H](C)c3cccnc3N)CCO4)c12. The number of fused-ring (bicyclic) bond motifs is 2. The van der Waals surface area contributed by atoms with Crippen LogP contribution < -0.4 is 20.1 Å². The Morgan fingerprint density at radius 2 is 2.02 bits per heavy atom. The van der Waals surface area contributed by atoms with Gasteiger partial charge in [-0.2, -0.15) is 9.97 Å². The second-order valence-electron chi connectivity index (χ2n) is 12.4. The predicted molar refractivity (Wildman–Crippen MR) is 180 cm³/mol. The highest BCUT2D eigenvalue weighted by atomic mass is 19.1. The van der Waals surface area contributed by atoms with Gasteiger partial charge in [0, 0.05) is 46.9 Å². The maximum atomic E-state index is 17.1. The van der Waals surface area contributed by atoms with Crippen LogP contribution in [0.3, 0.4) is 0 Å². The van der Waals surface area contributed by atoms with E-state index in [-0.39, 0.29) is 47.5 Å². The molecule has 3 atom stereocenters. The highest BCUT2D eigenvalue weighted by Gasteiger charge is 2.37. The number of rotatable bonds is 6. The van der Waals surface area contributed by atoms with Crippen molar-refractivity contribution in [1.82, 2.24) is 24.8 Å². The molecule has 5 aromatic rings. The van der Waals surface area contributed by atoms with Crippen molar-refractivity contribution >= 4 is 33.3 Å². The lowest BCUT2D eigenvalue weighted by Gasteiger charge is -2.33. The Kier molecular flexibility index (Phi) is 7.58. The van der Waals surface area contributed by atoms with Crippen LogP contribution in [0, 0.1) is 18.2 Å². The highest BCUT2D eigenvalue weighted by Crippen LogP contribution is 2.44. The fraction of sp³-hybridized carbons (Fsp3) is 0.333. The first-order valence-electron chi connectivity index (χ1n) is 16.1. The number of benzene rings is 2. The molecule has 0 radical (unpaired) electrons. The first kappa shape index (κ1) is 30.1. The zero-order valence-electron chi connectivity index (χ0n) is 26.4. The smallest absolute Gasteiger partial charge is 0.319 e. The maximum Gasteiger partial charge on any atom is 0.319 e. The van der Waals surface area contributed by atoms with Crippen LogP contribution in [0.2, 0.25) is 0 Å². The zero-order chi connectivity index (χ0) is 32.9. The molecule has 12 heteroatoms. The third-order valence-corrected chi connectivity index (χ3v) is 9.70. The van der Waals surface area contributed by atoms with Crippen molar-refractivity contribution in [2.75, 3.05) is 50.2 Å². The molecule has 3 N–H and O–H groups in total. The molecular weight excluding hydrogens is 613 g/mol. The molecule has 0 spiro atoms. The minimum Gasteiger partial charge on any atom is -0.508 e. The molecule has 11 nitrogen and oxygen atoms in total. The van der Waals surface area contributed by atoms with Crippen molar-refractivity contribution < 1.29 is 23.7 Å². The Morgan fingerprint density at radius 3 is 2.88 bits per heavy atom. The fourth-order valence-electron chi connectivity index (χ4n) is 7.35. The Morgan fingerprint density at radius 1 is 1.12 bits per heavy atom. The fourth-order valence-corrected chi connectivity index (χ4v) is 7.35. The molecule has 3 aromatic heterocycles. The van der Waals surface area contributed by atoms with Gasteiger partial charge in [0.05, 0.1) is 25.8 Å². The average molecular weight is 648 g/mol. The quantitative estimate of drug-likeness (QED) is 0.245. The molecule has 3 aliphatic heterocycles. The molecule has 6 heterocycles. The van der Waals surface area contributed by atoms with E-state index in [2.05, 4.69) is 20.8 Å². The van der Waals surface area contributed by atoms with Gasteiger partial charge >= 0.3 is 6.01 Å². The second-order valence-corrected chi connectivity index (χ2v) is 12.4. The lowest BCUT2D eigenvalue weighted by Crippen LogP contribution is -2.46. The lowest BCUT2D eigenvalue weighted by atomic mass is 9.96. The van der Waals surface area contributed by atoms with Gasteiger partial charge in [-0.05, 0) is 49.4 Å². The summed E-state index contributed by atoms with van der Waals surface area (Å²) >= 11 is 0. The molecule has 0 bridgehead atoms. The lowest BCUT2D eigenvalue weighted by molar-refractivity contribution is -0.0101. The molecule has 8 rings (SSSR count). The van der Waals surface area contributed by atoms with Gasteiger partial charge in [-0.3, -0.25) is 4.90 Å². The molecule has 3 aliphatic rings.